The highest BCUT2D eigenvalue weighted by Gasteiger charge is 2.13. The molecule has 0 unspecified atom stereocenters. The monoisotopic (exact) mass is 257 g/mol. The fourth-order valence-corrected chi connectivity index (χ4v) is 2.16. The summed E-state index contributed by atoms with van der Waals surface area (Å²) in [5.74, 6) is -0.835. The van der Waals surface area contributed by atoms with E-state index in [1.807, 2.05) is 13.0 Å². The Bertz CT molecular complexity index is 635. The van der Waals surface area contributed by atoms with E-state index in [2.05, 4.69) is 0 Å². The third kappa shape index (κ3) is 2.38. The van der Waals surface area contributed by atoms with Crippen molar-refractivity contribution in [3.05, 3.63) is 47.5 Å². The highest BCUT2D eigenvalue weighted by atomic mass is 16.3. The molecule has 4 nitrogen and oxygen atoms in total. The molecule has 0 bridgehead atoms. The second kappa shape index (κ2) is 5.02. The minimum absolute atomic E-state index is 0.173. The third-order valence-electron chi connectivity index (χ3n) is 3.08. The Kier molecular flexibility index (Phi) is 3.42. The van der Waals surface area contributed by atoms with Crippen LogP contribution in [-0.4, -0.2) is 16.1 Å². The maximum absolute atomic E-state index is 11.4. The summed E-state index contributed by atoms with van der Waals surface area (Å²) in [5.41, 5.74) is 8.24. The van der Waals surface area contributed by atoms with Crippen molar-refractivity contribution in [1.82, 2.24) is 0 Å². The highest BCUT2D eigenvalue weighted by Crippen LogP contribution is 2.33. The number of hydrogen-bond acceptors (Lipinski definition) is 3. The molecular formula is C15H15NO3. The minimum atomic E-state index is -0.471. The van der Waals surface area contributed by atoms with Crippen molar-refractivity contribution >= 4 is 5.91 Å². The summed E-state index contributed by atoms with van der Waals surface area (Å²) in [6.07, 6.45) is 0.649. The van der Waals surface area contributed by atoms with Gasteiger partial charge in [-0.25, -0.2) is 0 Å². The smallest absolute Gasteiger partial charge is 0.248 e. The molecule has 0 radical (unpaired) electrons. The van der Waals surface area contributed by atoms with Crippen molar-refractivity contribution in [1.29, 1.82) is 0 Å². The molecule has 0 aromatic heterocycles. The lowest BCUT2D eigenvalue weighted by molar-refractivity contribution is 0.0999. The second-order valence-electron chi connectivity index (χ2n) is 4.25. The van der Waals surface area contributed by atoms with Crippen LogP contribution in [0.2, 0.25) is 0 Å². The van der Waals surface area contributed by atoms with Gasteiger partial charge in [0.1, 0.15) is 0 Å². The van der Waals surface area contributed by atoms with Gasteiger partial charge in [0.2, 0.25) is 5.91 Å². The van der Waals surface area contributed by atoms with E-state index in [9.17, 15) is 15.0 Å². The van der Waals surface area contributed by atoms with Crippen LogP contribution in [0, 0.1) is 0 Å². The van der Waals surface area contributed by atoms with E-state index in [-0.39, 0.29) is 11.5 Å². The second-order valence-corrected chi connectivity index (χ2v) is 4.25. The molecular weight excluding hydrogens is 242 g/mol. The Morgan fingerprint density at radius 3 is 2.47 bits per heavy atom. The average molecular weight is 257 g/mol. The van der Waals surface area contributed by atoms with Crippen molar-refractivity contribution < 1.29 is 15.0 Å². The first-order chi connectivity index (χ1) is 9.04. The molecule has 2 aromatic rings. The van der Waals surface area contributed by atoms with E-state index in [1.54, 1.807) is 18.2 Å². The number of carbonyl (C=O) groups excluding carboxylic acids is 1. The molecule has 4 heteroatoms. The SMILES string of the molecule is CCc1c(C(N)=O)cccc1-c1ccc(O)c(O)c1. The molecule has 1 amide bonds. The number of aromatic hydroxyl groups is 2. The minimum Gasteiger partial charge on any atom is -0.504 e. The fourth-order valence-electron chi connectivity index (χ4n) is 2.16. The molecule has 98 valence electrons. The van der Waals surface area contributed by atoms with Gasteiger partial charge in [-0.2, -0.15) is 0 Å². The van der Waals surface area contributed by atoms with Crippen LogP contribution < -0.4 is 5.73 Å². The summed E-state index contributed by atoms with van der Waals surface area (Å²) in [5, 5.41) is 18.9. The molecule has 0 saturated carbocycles. The fraction of sp³-hybridized carbons (Fsp3) is 0.133. The quantitative estimate of drug-likeness (QED) is 0.738. The number of carbonyl (C=O) groups is 1. The zero-order valence-electron chi connectivity index (χ0n) is 10.6. The lowest BCUT2D eigenvalue weighted by Crippen LogP contribution is -2.14. The lowest BCUT2D eigenvalue weighted by Gasteiger charge is -2.12. The van der Waals surface area contributed by atoms with Crippen LogP contribution in [-0.2, 0) is 6.42 Å². The molecule has 4 N–H and O–H groups in total. The predicted octanol–water partition coefficient (Wildman–Crippen LogP) is 2.43. The van der Waals surface area contributed by atoms with E-state index >= 15 is 0 Å². The number of rotatable bonds is 3. The summed E-state index contributed by atoms with van der Waals surface area (Å²) in [7, 11) is 0. The van der Waals surface area contributed by atoms with Gasteiger partial charge in [-0.1, -0.05) is 25.1 Å². The normalized spacial score (nSPS) is 10.4. The van der Waals surface area contributed by atoms with Crippen LogP contribution in [0.15, 0.2) is 36.4 Å². The number of nitrogens with two attached hydrogens (primary N) is 1. The Balaban J connectivity index is 2.64. The molecule has 0 aliphatic rings. The summed E-state index contributed by atoms with van der Waals surface area (Å²) >= 11 is 0. The molecule has 0 fully saturated rings. The van der Waals surface area contributed by atoms with Crippen molar-refractivity contribution in [3.63, 3.8) is 0 Å². The molecule has 2 aromatic carbocycles. The molecule has 2 rings (SSSR count). The molecule has 0 aliphatic carbocycles. The van der Waals surface area contributed by atoms with E-state index in [0.29, 0.717) is 12.0 Å². The number of amides is 1. The number of primary amides is 1. The molecule has 0 saturated heterocycles. The highest BCUT2D eigenvalue weighted by molar-refractivity contribution is 5.96. The lowest BCUT2D eigenvalue weighted by atomic mass is 9.93. The molecule has 19 heavy (non-hydrogen) atoms. The van der Waals surface area contributed by atoms with E-state index in [4.69, 9.17) is 5.73 Å². The van der Waals surface area contributed by atoms with Gasteiger partial charge in [-0.3, -0.25) is 4.79 Å². The van der Waals surface area contributed by atoms with Crippen LogP contribution in [0.25, 0.3) is 11.1 Å². The Morgan fingerprint density at radius 2 is 1.89 bits per heavy atom. The summed E-state index contributed by atoms with van der Waals surface area (Å²) in [6.45, 7) is 1.94. The van der Waals surface area contributed by atoms with E-state index < -0.39 is 5.91 Å². The molecule has 0 heterocycles. The van der Waals surface area contributed by atoms with Gasteiger partial charge in [-0.15, -0.1) is 0 Å². The number of phenolic OH excluding ortho intramolecular Hbond substituents is 2. The van der Waals surface area contributed by atoms with Gasteiger partial charge < -0.3 is 15.9 Å². The first-order valence-corrected chi connectivity index (χ1v) is 5.98. The summed E-state index contributed by atoms with van der Waals surface area (Å²) in [4.78, 5) is 11.4. The van der Waals surface area contributed by atoms with Crippen LogP contribution in [0.4, 0.5) is 0 Å². The standard InChI is InChI=1S/C15H15NO3/c1-2-10-11(4-3-5-12(10)15(16)19)9-6-7-13(17)14(18)8-9/h3-8,17-18H,2H2,1H3,(H2,16,19). The maximum atomic E-state index is 11.4. The van der Waals surface area contributed by atoms with Gasteiger partial charge >= 0.3 is 0 Å². The van der Waals surface area contributed by atoms with Crippen molar-refractivity contribution in [2.45, 2.75) is 13.3 Å². The van der Waals surface area contributed by atoms with Crippen LogP contribution in [0.5, 0.6) is 11.5 Å². The molecule has 0 spiro atoms. The largest absolute Gasteiger partial charge is 0.504 e. The Morgan fingerprint density at radius 1 is 1.16 bits per heavy atom. The van der Waals surface area contributed by atoms with Gasteiger partial charge in [0.25, 0.3) is 0 Å². The first kappa shape index (κ1) is 13.0. The molecule has 0 atom stereocenters. The first-order valence-electron chi connectivity index (χ1n) is 5.98. The number of phenols is 2. The zero-order chi connectivity index (χ0) is 14.0. The van der Waals surface area contributed by atoms with Gasteiger partial charge in [0.05, 0.1) is 0 Å². The predicted molar refractivity (Wildman–Crippen MR) is 73.1 cm³/mol. The Labute approximate surface area is 111 Å². The average Bonchev–Trinajstić information content (AvgIpc) is 2.40. The van der Waals surface area contributed by atoms with E-state index in [1.165, 1.54) is 12.1 Å². The third-order valence-corrected chi connectivity index (χ3v) is 3.08. The summed E-state index contributed by atoms with van der Waals surface area (Å²) < 4.78 is 0. The van der Waals surface area contributed by atoms with Crippen LogP contribution >= 0.6 is 0 Å². The Hall–Kier alpha value is -2.49. The van der Waals surface area contributed by atoms with Crippen molar-refractivity contribution in [3.8, 4) is 22.6 Å². The maximum Gasteiger partial charge on any atom is 0.248 e. The summed E-state index contributed by atoms with van der Waals surface area (Å²) in [6, 6.07) is 9.87. The van der Waals surface area contributed by atoms with Gasteiger partial charge in [-0.05, 0) is 41.3 Å². The molecule has 0 aliphatic heterocycles. The topological polar surface area (TPSA) is 83.6 Å². The van der Waals surface area contributed by atoms with Gasteiger partial charge in [0, 0.05) is 5.56 Å². The van der Waals surface area contributed by atoms with Crippen molar-refractivity contribution in [2.24, 2.45) is 5.73 Å². The van der Waals surface area contributed by atoms with Crippen molar-refractivity contribution in [2.75, 3.05) is 0 Å². The number of hydrogen-bond donors (Lipinski definition) is 3. The number of benzene rings is 2. The van der Waals surface area contributed by atoms with Gasteiger partial charge in [0.15, 0.2) is 11.5 Å². The van der Waals surface area contributed by atoms with Crippen LogP contribution in [0.1, 0.15) is 22.8 Å². The zero-order valence-corrected chi connectivity index (χ0v) is 10.6. The van der Waals surface area contributed by atoms with Crippen LogP contribution in [0.3, 0.4) is 0 Å². The van der Waals surface area contributed by atoms with E-state index in [0.717, 1.165) is 16.7 Å².